The van der Waals surface area contributed by atoms with Crippen molar-refractivity contribution in [1.82, 2.24) is 0 Å². The second kappa shape index (κ2) is 6.28. The maximum atomic E-state index is 5.92. The van der Waals surface area contributed by atoms with Crippen molar-refractivity contribution in [3.05, 3.63) is 59.7 Å². The zero-order valence-corrected chi connectivity index (χ0v) is 11.6. The van der Waals surface area contributed by atoms with Gasteiger partial charge in [0, 0.05) is 12.1 Å². The van der Waals surface area contributed by atoms with Gasteiger partial charge in [-0.2, -0.15) is 0 Å². The summed E-state index contributed by atoms with van der Waals surface area (Å²) < 4.78 is 5.90. The molecule has 0 spiro atoms. The molecule has 0 aromatic heterocycles. The van der Waals surface area contributed by atoms with Gasteiger partial charge in [-0.25, -0.2) is 0 Å². The van der Waals surface area contributed by atoms with E-state index >= 15 is 0 Å². The van der Waals surface area contributed by atoms with Gasteiger partial charge < -0.3 is 10.5 Å². The minimum atomic E-state index is 0.470. The van der Waals surface area contributed by atoms with Crippen LogP contribution in [0.3, 0.4) is 0 Å². The van der Waals surface area contributed by atoms with Gasteiger partial charge in [0.2, 0.25) is 0 Å². The number of nitrogens with two attached hydrogens (primary N) is 1. The van der Waals surface area contributed by atoms with E-state index in [0.29, 0.717) is 12.5 Å². The lowest BCUT2D eigenvalue weighted by atomic mass is 10.0. The van der Waals surface area contributed by atoms with Crippen molar-refractivity contribution in [3.8, 4) is 5.75 Å². The summed E-state index contributed by atoms with van der Waals surface area (Å²) in [6.07, 6.45) is 0.832. The highest BCUT2D eigenvalue weighted by Crippen LogP contribution is 2.26. The monoisotopic (exact) mass is 255 g/mol. The molecule has 2 N–H and O–H groups in total. The number of hydrogen-bond donors (Lipinski definition) is 1. The Bertz CT molecular complexity index is 534. The number of anilines is 1. The van der Waals surface area contributed by atoms with E-state index in [1.54, 1.807) is 0 Å². The summed E-state index contributed by atoms with van der Waals surface area (Å²) in [6.45, 7) is 5.01. The maximum Gasteiger partial charge on any atom is 0.122 e. The molecule has 19 heavy (non-hydrogen) atoms. The van der Waals surface area contributed by atoms with Crippen LogP contribution in [0, 0.1) is 0 Å². The topological polar surface area (TPSA) is 35.2 Å². The lowest BCUT2D eigenvalue weighted by Gasteiger charge is -2.14. The summed E-state index contributed by atoms with van der Waals surface area (Å²) in [7, 11) is 0. The Kier molecular flexibility index (Phi) is 4.45. The average molecular weight is 255 g/mol. The van der Waals surface area contributed by atoms with Crippen molar-refractivity contribution in [1.29, 1.82) is 0 Å². The Morgan fingerprint density at radius 3 is 2.42 bits per heavy atom. The zero-order chi connectivity index (χ0) is 13.7. The van der Waals surface area contributed by atoms with Gasteiger partial charge in [0.1, 0.15) is 5.75 Å². The first kappa shape index (κ1) is 13.5. The molecule has 0 fully saturated rings. The third kappa shape index (κ3) is 3.50. The summed E-state index contributed by atoms with van der Waals surface area (Å²) in [5.41, 5.74) is 9.16. The largest absolute Gasteiger partial charge is 0.493 e. The SMILES string of the molecule is CC(C)c1ccccc1OCCc1ccccc1N. The summed E-state index contributed by atoms with van der Waals surface area (Å²) in [5, 5.41) is 0. The fourth-order valence-electron chi connectivity index (χ4n) is 2.12. The Labute approximate surface area is 115 Å². The number of benzene rings is 2. The van der Waals surface area contributed by atoms with Crippen molar-refractivity contribution in [2.45, 2.75) is 26.2 Å². The van der Waals surface area contributed by atoms with E-state index in [4.69, 9.17) is 10.5 Å². The molecule has 0 saturated heterocycles. The molecular weight excluding hydrogens is 234 g/mol. The second-order valence-corrected chi connectivity index (χ2v) is 4.99. The summed E-state index contributed by atoms with van der Waals surface area (Å²) in [4.78, 5) is 0. The van der Waals surface area contributed by atoms with Gasteiger partial charge in [-0.3, -0.25) is 0 Å². The van der Waals surface area contributed by atoms with Crippen LogP contribution in [0.2, 0.25) is 0 Å². The van der Waals surface area contributed by atoms with Gasteiger partial charge in [-0.05, 0) is 29.2 Å². The van der Waals surface area contributed by atoms with Crippen LogP contribution >= 0.6 is 0 Å². The molecule has 0 heterocycles. The Balaban J connectivity index is 1.98. The van der Waals surface area contributed by atoms with Crippen LogP contribution < -0.4 is 10.5 Å². The van der Waals surface area contributed by atoms with Crippen LogP contribution in [-0.2, 0) is 6.42 Å². The second-order valence-electron chi connectivity index (χ2n) is 4.99. The van der Waals surface area contributed by atoms with Crippen LogP contribution in [0.4, 0.5) is 5.69 Å². The molecule has 0 unspecified atom stereocenters. The van der Waals surface area contributed by atoms with Gasteiger partial charge in [-0.1, -0.05) is 50.2 Å². The predicted octanol–water partition coefficient (Wildman–Crippen LogP) is 4.01. The molecule has 100 valence electrons. The van der Waals surface area contributed by atoms with E-state index in [1.807, 2.05) is 36.4 Å². The third-order valence-corrected chi connectivity index (χ3v) is 3.23. The van der Waals surface area contributed by atoms with Crippen LogP contribution in [0.5, 0.6) is 5.75 Å². The normalized spacial score (nSPS) is 10.7. The first-order chi connectivity index (χ1) is 9.18. The molecule has 0 amide bonds. The standard InChI is InChI=1S/C17H21NO/c1-13(2)15-8-4-6-10-17(15)19-12-11-14-7-3-5-9-16(14)18/h3-10,13H,11-12,18H2,1-2H3. The Morgan fingerprint density at radius 1 is 1.00 bits per heavy atom. The number of rotatable bonds is 5. The summed E-state index contributed by atoms with van der Waals surface area (Å²) >= 11 is 0. The highest BCUT2D eigenvalue weighted by molar-refractivity contribution is 5.46. The van der Waals surface area contributed by atoms with Crippen LogP contribution in [0.25, 0.3) is 0 Å². The number of para-hydroxylation sites is 2. The molecule has 0 saturated carbocycles. The van der Waals surface area contributed by atoms with Gasteiger partial charge >= 0.3 is 0 Å². The number of hydrogen-bond acceptors (Lipinski definition) is 2. The average Bonchev–Trinajstić information content (AvgIpc) is 2.41. The minimum Gasteiger partial charge on any atom is -0.493 e. The highest BCUT2D eigenvalue weighted by Gasteiger charge is 2.06. The molecule has 0 atom stereocenters. The molecule has 2 aromatic rings. The van der Waals surface area contributed by atoms with E-state index in [9.17, 15) is 0 Å². The summed E-state index contributed by atoms with van der Waals surface area (Å²) in [6, 6.07) is 16.2. The molecule has 0 aliphatic rings. The molecular formula is C17H21NO. The van der Waals surface area contributed by atoms with Crippen LogP contribution in [0.1, 0.15) is 30.9 Å². The maximum absolute atomic E-state index is 5.92. The van der Waals surface area contributed by atoms with Crippen molar-refractivity contribution < 1.29 is 4.74 Å². The van der Waals surface area contributed by atoms with E-state index in [2.05, 4.69) is 26.0 Å². The zero-order valence-electron chi connectivity index (χ0n) is 11.6. The molecule has 0 radical (unpaired) electrons. The Morgan fingerprint density at radius 2 is 1.68 bits per heavy atom. The van der Waals surface area contributed by atoms with Crippen LogP contribution in [-0.4, -0.2) is 6.61 Å². The fraction of sp³-hybridized carbons (Fsp3) is 0.294. The molecule has 2 nitrogen and oxygen atoms in total. The molecule has 2 rings (SSSR count). The fourth-order valence-corrected chi connectivity index (χ4v) is 2.12. The molecule has 2 heteroatoms. The Hall–Kier alpha value is -1.96. The summed E-state index contributed by atoms with van der Waals surface area (Å²) in [5.74, 6) is 1.45. The molecule has 2 aromatic carbocycles. The van der Waals surface area contributed by atoms with Crippen molar-refractivity contribution in [2.75, 3.05) is 12.3 Å². The van der Waals surface area contributed by atoms with E-state index in [0.717, 1.165) is 23.4 Å². The van der Waals surface area contributed by atoms with Gasteiger partial charge in [0.25, 0.3) is 0 Å². The molecule has 0 aliphatic carbocycles. The quantitative estimate of drug-likeness (QED) is 0.819. The van der Waals surface area contributed by atoms with E-state index in [-0.39, 0.29) is 0 Å². The van der Waals surface area contributed by atoms with Crippen molar-refractivity contribution in [3.63, 3.8) is 0 Å². The lowest BCUT2D eigenvalue weighted by Crippen LogP contribution is -2.05. The molecule has 0 aliphatic heterocycles. The lowest BCUT2D eigenvalue weighted by molar-refractivity contribution is 0.317. The van der Waals surface area contributed by atoms with Crippen LogP contribution in [0.15, 0.2) is 48.5 Å². The van der Waals surface area contributed by atoms with E-state index < -0.39 is 0 Å². The van der Waals surface area contributed by atoms with Crippen molar-refractivity contribution in [2.24, 2.45) is 0 Å². The third-order valence-electron chi connectivity index (χ3n) is 3.23. The first-order valence-corrected chi connectivity index (χ1v) is 6.73. The smallest absolute Gasteiger partial charge is 0.122 e. The number of ether oxygens (including phenoxy) is 1. The van der Waals surface area contributed by atoms with Gasteiger partial charge in [0.15, 0.2) is 0 Å². The van der Waals surface area contributed by atoms with Gasteiger partial charge in [0.05, 0.1) is 6.61 Å². The predicted molar refractivity (Wildman–Crippen MR) is 80.6 cm³/mol. The minimum absolute atomic E-state index is 0.470. The number of nitrogen functional groups attached to an aromatic ring is 1. The van der Waals surface area contributed by atoms with E-state index in [1.165, 1.54) is 5.56 Å². The van der Waals surface area contributed by atoms with Gasteiger partial charge in [-0.15, -0.1) is 0 Å². The van der Waals surface area contributed by atoms with Crippen molar-refractivity contribution >= 4 is 5.69 Å². The first-order valence-electron chi connectivity index (χ1n) is 6.73. The highest BCUT2D eigenvalue weighted by atomic mass is 16.5. The molecule has 0 bridgehead atoms.